The summed E-state index contributed by atoms with van der Waals surface area (Å²) in [6.07, 6.45) is 1.04. The van der Waals surface area contributed by atoms with E-state index in [-0.39, 0.29) is 0 Å². The molecule has 4 heteroatoms. The topological polar surface area (TPSA) is 21.3 Å². The van der Waals surface area contributed by atoms with Crippen LogP contribution < -0.4 is 10.1 Å². The van der Waals surface area contributed by atoms with Crippen LogP contribution in [0.5, 0.6) is 5.75 Å². The zero-order valence-electron chi connectivity index (χ0n) is 12.2. The summed E-state index contributed by atoms with van der Waals surface area (Å²) in [7, 11) is 1.88. The Morgan fingerprint density at radius 2 is 1.71 bits per heavy atom. The van der Waals surface area contributed by atoms with Gasteiger partial charge < -0.3 is 10.1 Å². The van der Waals surface area contributed by atoms with E-state index in [2.05, 4.69) is 36.5 Å². The lowest BCUT2D eigenvalue weighted by atomic mass is 10.1. The van der Waals surface area contributed by atoms with Crippen LogP contribution in [-0.4, -0.2) is 7.05 Å². The molecule has 112 valence electrons. The monoisotopic (exact) mass is 323 g/mol. The summed E-state index contributed by atoms with van der Waals surface area (Å²) in [6, 6.07) is 12.0. The van der Waals surface area contributed by atoms with E-state index in [1.165, 1.54) is 5.56 Å². The van der Waals surface area contributed by atoms with E-state index in [9.17, 15) is 0 Å². The standard InChI is InChI=1S/C17H19Cl2NO/c1-3-12-4-6-13(7-5-12)11-21-17-14(10-20-2)8-15(18)9-16(17)19/h4-9,20H,3,10-11H2,1-2H3. The highest BCUT2D eigenvalue weighted by atomic mass is 35.5. The SMILES string of the molecule is CCc1ccc(COc2c(Cl)cc(Cl)cc2CNC)cc1. The Balaban J connectivity index is 2.14. The smallest absolute Gasteiger partial charge is 0.142 e. The minimum atomic E-state index is 0.488. The molecular weight excluding hydrogens is 305 g/mol. The lowest BCUT2D eigenvalue weighted by Gasteiger charge is -2.14. The van der Waals surface area contributed by atoms with Crippen molar-refractivity contribution in [3.63, 3.8) is 0 Å². The second kappa shape index (κ2) is 7.69. The van der Waals surface area contributed by atoms with Crippen LogP contribution in [0.2, 0.25) is 10.0 Å². The van der Waals surface area contributed by atoms with Gasteiger partial charge in [-0.3, -0.25) is 0 Å². The van der Waals surface area contributed by atoms with Crippen molar-refractivity contribution in [2.24, 2.45) is 0 Å². The second-order valence-electron chi connectivity index (χ2n) is 4.86. The minimum Gasteiger partial charge on any atom is -0.487 e. The van der Waals surface area contributed by atoms with Crippen molar-refractivity contribution >= 4 is 23.2 Å². The molecule has 0 fully saturated rings. The van der Waals surface area contributed by atoms with E-state index in [4.69, 9.17) is 27.9 Å². The van der Waals surface area contributed by atoms with Crippen LogP contribution in [0.25, 0.3) is 0 Å². The Bertz CT molecular complexity index is 596. The van der Waals surface area contributed by atoms with E-state index in [1.807, 2.05) is 13.1 Å². The van der Waals surface area contributed by atoms with Gasteiger partial charge in [-0.15, -0.1) is 0 Å². The first-order valence-electron chi connectivity index (χ1n) is 6.97. The predicted octanol–water partition coefficient (Wildman–Crippen LogP) is 4.85. The second-order valence-corrected chi connectivity index (χ2v) is 5.71. The van der Waals surface area contributed by atoms with Crippen LogP contribution in [0.3, 0.4) is 0 Å². The normalized spacial score (nSPS) is 10.7. The van der Waals surface area contributed by atoms with E-state index >= 15 is 0 Å². The molecule has 0 aliphatic carbocycles. The number of nitrogens with one attached hydrogen (secondary N) is 1. The molecule has 0 heterocycles. The molecule has 1 N–H and O–H groups in total. The van der Waals surface area contributed by atoms with Crippen LogP contribution in [0, 0.1) is 0 Å². The molecule has 0 saturated heterocycles. The van der Waals surface area contributed by atoms with E-state index in [0.29, 0.717) is 28.9 Å². The number of benzene rings is 2. The van der Waals surface area contributed by atoms with Crippen molar-refractivity contribution in [2.45, 2.75) is 26.5 Å². The maximum absolute atomic E-state index is 6.25. The third-order valence-corrected chi connectivity index (χ3v) is 3.77. The lowest BCUT2D eigenvalue weighted by molar-refractivity contribution is 0.302. The molecule has 0 atom stereocenters. The average Bonchev–Trinajstić information content (AvgIpc) is 2.47. The molecule has 21 heavy (non-hydrogen) atoms. The fraction of sp³-hybridized carbons (Fsp3) is 0.294. The zero-order chi connectivity index (χ0) is 15.2. The molecule has 2 nitrogen and oxygen atoms in total. The quantitative estimate of drug-likeness (QED) is 0.820. The molecule has 0 amide bonds. The van der Waals surface area contributed by atoms with Gasteiger partial charge in [0.15, 0.2) is 0 Å². The van der Waals surface area contributed by atoms with Crippen molar-refractivity contribution in [3.05, 3.63) is 63.1 Å². The largest absolute Gasteiger partial charge is 0.487 e. The molecular formula is C17H19Cl2NO. The van der Waals surface area contributed by atoms with Gasteiger partial charge in [-0.25, -0.2) is 0 Å². The van der Waals surface area contributed by atoms with Crippen molar-refractivity contribution in [1.29, 1.82) is 0 Å². The Morgan fingerprint density at radius 3 is 2.33 bits per heavy atom. The van der Waals surface area contributed by atoms with Gasteiger partial charge in [0.05, 0.1) is 5.02 Å². The fourth-order valence-corrected chi connectivity index (χ4v) is 2.71. The van der Waals surface area contributed by atoms with Crippen LogP contribution in [0.4, 0.5) is 0 Å². The number of halogens is 2. The third-order valence-electron chi connectivity index (χ3n) is 3.27. The molecule has 0 aliphatic rings. The summed E-state index contributed by atoms with van der Waals surface area (Å²) >= 11 is 12.3. The first kappa shape index (κ1) is 16.2. The van der Waals surface area contributed by atoms with Crippen LogP contribution in [0.1, 0.15) is 23.6 Å². The van der Waals surface area contributed by atoms with Crippen LogP contribution >= 0.6 is 23.2 Å². The van der Waals surface area contributed by atoms with Crippen LogP contribution in [0.15, 0.2) is 36.4 Å². The predicted molar refractivity (Wildman–Crippen MR) is 89.4 cm³/mol. The van der Waals surface area contributed by atoms with Gasteiger partial charge in [0.2, 0.25) is 0 Å². The lowest BCUT2D eigenvalue weighted by Crippen LogP contribution is -2.08. The summed E-state index contributed by atoms with van der Waals surface area (Å²) in [5.41, 5.74) is 3.40. The first-order chi connectivity index (χ1) is 10.1. The highest BCUT2D eigenvalue weighted by Gasteiger charge is 2.10. The van der Waals surface area contributed by atoms with Gasteiger partial charge in [-0.2, -0.15) is 0 Å². The van der Waals surface area contributed by atoms with Gasteiger partial charge in [-0.1, -0.05) is 54.4 Å². The Kier molecular flexibility index (Phi) is 5.92. The molecule has 0 aromatic heterocycles. The number of rotatable bonds is 6. The molecule has 0 bridgehead atoms. The van der Waals surface area contributed by atoms with E-state index < -0.39 is 0 Å². The van der Waals surface area contributed by atoms with Gasteiger partial charge in [0.1, 0.15) is 12.4 Å². The van der Waals surface area contributed by atoms with Gasteiger partial charge in [0, 0.05) is 17.1 Å². The number of hydrogen-bond donors (Lipinski definition) is 1. The molecule has 2 aromatic carbocycles. The number of aryl methyl sites for hydroxylation is 1. The first-order valence-corrected chi connectivity index (χ1v) is 7.72. The highest BCUT2D eigenvalue weighted by Crippen LogP contribution is 2.33. The van der Waals surface area contributed by atoms with Gasteiger partial charge >= 0.3 is 0 Å². The fourth-order valence-electron chi connectivity index (χ4n) is 2.12. The Morgan fingerprint density at radius 1 is 1.05 bits per heavy atom. The van der Waals surface area contributed by atoms with Crippen molar-refractivity contribution < 1.29 is 4.74 Å². The van der Waals surface area contributed by atoms with Crippen LogP contribution in [-0.2, 0) is 19.6 Å². The zero-order valence-corrected chi connectivity index (χ0v) is 13.8. The number of ether oxygens (including phenoxy) is 1. The molecule has 0 aliphatic heterocycles. The molecule has 0 spiro atoms. The minimum absolute atomic E-state index is 0.488. The maximum atomic E-state index is 6.25. The molecule has 0 radical (unpaired) electrons. The highest BCUT2D eigenvalue weighted by molar-refractivity contribution is 6.35. The Labute approximate surface area is 136 Å². The van der Waals surface area contributed by atoms with Crippen molar-refractivity contribution in [2.75, 3.05) is 7.05 Å². The van der Waals surface area contributed by atoms with E-state index in [0.717, 1.165) is 17.5 Å². The molecule has 2 rings (SSSR count). The molecule has 0 saturated carbocycles. The average molecular weight is 324 g/mol. The third kappa shape index (κ3) is 4.37. The maximum Gasteiger partial charge on any atom is 0.142 e. The van der Waals surface area contributed by atoms with Gasteiger partial charge in [-0.05, 0) is 36.7 Å². The van der Waals surface area contributed by atoms with Crippen molar-refractivity contribution in [1.82, 2.24) is 5.32 Å². The Hall–Kier alpha value is -1.22. The van der Waals surface area contributed by atoms with E-state index in [1.54, 1.807) is 6.07 Å². The van der Waals surface area contributed by atoms with Crippen molar-refractivity contribution in [3.8, 4) is 5.75 Å². The summed E-state index contributed by atoms with van der Waals surface area (Å²) in [4.78, 5) is 0. The summed E-state index contributed by atoms with van der Waals surface area (Å²) in [5.74, 6) is 0.690. The summed E-state index contributed by atoms with van der Waals surface area (Å²) < 4.78 is 5.90. The van der Waals surface area contributed by atoms with Gasteiger partial charge in [0.25, 0.3) is 0 Å². The molecule has 0 unspecified atom stereocenters. The summed E-state index contributed by atoms with van der Waals surface area (Å²) in [5, 5.41) is 4.25. The number of hydrogen-bond acceptors (Lipinski definition) is 2. The molecule has 2 aromatic rings. The summed E-state index contributed by atoms with van der Waals surface area (Å²) in [6.45, 7) is 3.29.